The van der Waals surface area contributed by atoms with Crippen molar-refractivity contribution >= 4 is 17.7 Å². The fourth-order valence-corrected chi connectivity index (χ4v) is 2.68. The quantitative estimate of drug-likeness (QED) is 0.750. The predicted molar refractivity (Wildman–Crippen MR) is 55.2 cm³/mol. The van der Waals surface area contributed by atoms with Crippen LogP contribution in [0, 0.1) is 6.92 Å². The highest BCUT2D eigenvalue weighted by Crippen LogP contribution is 2.31. The van der Waals surface area contributed by atoms with Crippen LogP contribution in [0.15, 0.2) is 16.1 Å². The Morgan fingerprint density at radius 1 is 1.80 bits per heavy atom. The van der Waals surface area contributed by atoms with Crippen molar-refractivity contribution in [3.05, 3.63) is 22.1 Å². The lowest BCUT2D eigenvalue weighted by atomic mass is 10.2. The zero-order chi connectivity index (χ0) is 11.0. The van der Waals surface area contributed by atoms with Gasteiger partial charge in [-0.15, -0.1) is 0 Å². The number of aliphatic carboxylic acids is 1. The summed E-state index contributed by atoms with van der Waals surface area (Å²) in [5.41, 5.74) is 0.424. The van der Waals surface area contributed by atoms with Crippen molar-refractivity contribution in [2.24, 2.45) is 0 Å². The normalized spacial score (nSPS) is 18.9. The number of carbonyl (C=O) groups is 1. The maximum atomic E-state index is 11.8. The fraction of sp³-hybridized carbons (Fsp3) is 0.444. The van der Waals surface area contributed by atoms with E-state index in [1.807, 2.05) is 0 Å². The SMILES string of the molecule is Cc1cnc2n(c1=O)[C@H](CC(=O)O)CS2. The molecular formula is C9H10N2O3S. The molecule has 1 aromatic rings. The van der Waals surface area contributed by atoms with Gasteiger partial charge < -0.3 is 5.11 Å². The summed E-state index contributed by atoms with van der Waals surface area (Å²) >= 11 is 1.43. The number of carboxylic acid groups (broad SMARTS) is 1. The minimum Gasteiger partial charge on any atom is -0.481 e. The summed E-state index contributed by atoms with van der Waals surface area (Å²) in [6, 6.07) is -0.262. The van der Waals surface area contributed by atoms with E-state index in [1.165, 1.54) is 22.5 Å². The molecule has 5 nitrogen and oxygen atoms in total. The summed E-state index contributed by atoms with van der Waals surface area (Å²) in [7, 11) is 0. The lowest BCUT2D eigenvalue weighted by Gasteiger charge is -2.10. The smallest absolute Gasteiger partial charge is 0.305 e. The van der Waals surface area contributed by atoms with E-state index in [2.05, 4.69) is 4.98 Å². The van der Waals surface area contributed by atoms with Gasteiger partial charge in [-0.25, -0.2) is 4.98 Å². The van der Waals surface area contributed by atoms with Gasteiger partial charge in [0.25, 0.3) is 5.56 Å². The van der Waals surface area contributed by atoms with Crippen molar-refractivity contribution < 1.29 is 9.90 Å². The van der Waals surface area contributed by atoms with Crippen molar-refractivity contribution in [3.63, 3.8) is 0 Å². The van der Waals surface area contributed by atoms with Crippen LogP contribution in [0.3, 0.4) is 0 Å². The van der Waals surface area contributed by atoms with Crippen LogP contribution in [0.5, 0.6) is 0 Å². The molecule has 6 heteroatoms. The number of carboxylic acids is 1. The number of aromatic nitrogens is 2. The first-order chi connectivity index (χ1) is 7.09. The largest absolute Gasteiger partial charge is 0.481 e. The van der Waals surface area contributed by atoms with Crippen LogP contribution in [-0.2, 0) is 4.79 Å². The second-order valence-corrected chi connectivity index (χ2v) is 4.45. The zero-order valence-electron chi connectivity index (χ0n) is 8.14. The van der Waals surface area contributed by atoms with E-state index in [0.717, 1.165) is 0 Å². The van der Waals surface area contributed by atoms with Crippen LogP contribution in [0.4, 0.5) is 0 Å². The first-order valence-electron chi connectivity index (χ1n) is 4.52. The third-order valence-corrected chi connectivity index (χ3v) is 3.42. The molecule has 80 valence electrons. The average Bonchev–Trinajstić information content (AvgIpc) is 2.55. The van der Waals surface area contributed by atoms with Gasteiger partial charge in [0.1, 0.15) is 0 Å². The Morgan fingerprint density at radius 2 is 2.53 bits per heavy atom. The maximum absolute atomic E-state index is 11.8. The number of nitrogens with zero attached hydrogens (tertiary/aromatic N) is 2. The van der Waals surface area contributed by atoms with Gasteiger partial charge in [-0.1, -0.05) is 11.8 Å². The summed E-state index contributed by atoms with van der Waals surface area (Å²) in [6.45, 7) is 1.68. The molecule has 1 aliphatic rings. The summed E-state index contributed by atoms with van der Waals surface area (Å²) in [5.74, 6) is -0.278. The molecular weight excluding hydrogens is 216 g/mol. The Balaban J connectivity index is 2.45. The van der Waals surface area contributed by atoms with E-state index in [0.29, 0.717) is 16.5 Å². The van der Waals surface area contributed by atoms with Crippen molar-refractivity contribution in [2.45, 2.75) is 24.5 Å². The fourth-order valence-electron chi connectivity index (χ4n) is 1.57. The molecule has 0 bridgehead atoms. The average molecular weight is 226 g/mol. The molecule has 0 amide bonds. The van der Waals surface area contributed by atoms with E-state index in [9.17, 15) is 9.59 Å². The summed E-state index contributed by atoms with van der Waals surface area (Å²) in [4.78, 5) is 26.5. The lowest BCUT2D eigenvalue weighted by Crippen LogP contribution is -2.27. The monoisotopic (exact) mass is 226 g/mol. The van der Waals surface area contributed by atoms with Crippen molar-refractivity contribution in [1.82, 2.24) is 9.55 Å². The number of thioether (sulfide) groups is 1. The molecule has 0 saturated carbocycles. The Labute approximate surface area is 90.1 Å². The van der Waals surface area contributed by atoms with Crippen molar-refractivity contribution in [1.29, 1.82) is 0 Å². The Hall–Kier alpha value is -1.30. The first kappa shape index (κ1) is 10.2. The van der Waals surface area contributed by atoms with E-state index >= 15 is 0 Å². The summed E-state index contributed by atoms with van der Waals surface area (Å²) in [5, 5.41) is 9.34. The molecule has 1 aromatic heterocycles. The molecule has 0 unspecified atom stereocenters. The molecule has 2 rings (SSSR count). The first-order valence-corrected chi connectivity index (χ1v) is 5.51. The highest BCUT2D eigenvalue weighted by molar-refractivity contribution is 7.99. The van der Waals surface area contributed by atoms with Crippen LogP contribution in [-0.4, -0.2) is 26.4 Å². The topological polar surface area (TPSA) is 72.2 Å². The minimum atomic E-state index is -0.887. The number of rotatable bonds is 2. The van der Waals surface area contributed by atoms with Crippen LogP contribution >= 0.6 is 11.8 Å². The van der Waals surface area contributed by atoms with E-state index in [4.69, 9.17) is 5.11 Å². The third-order valence-electron chi connectivity index (χ3n) is 2.31. The Morgan fingerprint density at radius 3 is 3.20 bits per heavy atom. The van der Waals surface area contributed by atoms with Crippen molar-refractivity contribution in [3.8, 4) is 0 Å². The van der Waals surface area contributed by atoms with Gasteiger partial charge in [0.05, 0.1) is 12.5 Å². The van der Waals surface area contributed by atoms with Gasteiger partial charge >= 0.3 is 5.97 Å². The molecule has 1 N–H and O–H groups in total. The van der Waals surface area contributed by atoms with E-state index in [1.54, 1.807) is 6.92 Å². The van der Waals surface area contributed by atoms with Crippen LogP contribution in [0.25, 0.3) is 0 Å². The molecule has 0 aliphatic carbocycles. The van der Waals surface area contributed by atoms with E-state index in [-0.39, 0.29) is 18.0 Å². The highest BCUT2D eigenvalue weighted by Gasteiger charge is 2.27. The van der Waals surface area contributed by atoms with Crippen LogP contribution in [0.2, 0.25) is 0 Å². The Bertz CT molecular complexity index is 469. The molecule has 2 heterocycles. The third kappa shape index (κ3) is 1.77. The standard InChI is InChI=1S/C9H10N2O3S/c1-5-3-10-9-11(8(5)14)6(4-15-9)2-7(12)13/h3,6H,2,4H2,1H3,(H,12,13)/t6-/m1/s1. The lowest BCUT2D eigenvalue weighted by molar-refractivity contribution is -0.137. The van der Waals surface area contributed by atoms with Gasteiger partial charge in [0, 0.05) is 17.5 Å². The molecule has 1 aliphatic heterocycles. The van der Waals surface area contributed by atoms with Gasteiger partial charge in [0.2, 0.25) is 0 Å². The number of hydrogen-bond donors (Lipinski definition) is 1. The van der Waals surface area contributed by atoms with Crippen LogP contribution < -0.4 is 5.56 Å². The Kier molecular flexibility index (Phi) is 2.52. The molecule has 15 heavy (non-hydrogen) atoms. The van der Waals surface area contributed by atoms with E-state index < -0.39 is 5.97 Å². The predicted octanol–water partition coefficient (Wildman–Crippen LogP) is 0.673. The number of hydrogen-bond acceptors (Lipinski definition) is 4. The second kappa shape index (κ2) is 3.69. The molecule has 0 saturated heterocycles. The van der Waals surface area contributed by atoms with Gasteiger partial charge in [-0.05, 0) is 6.92 Å². The molecule has 0 spiro atoms. The van der Waals surface area contributed by atoms with Gasteiger partial charge in [-0.3, -0.25) is 14.2 Å². The molecule has 0 fully saturated rings. The molecule has 1 atom stereocenters. The summed E-state index contributed by atoms with van der Waals surface area (Å²) in [6.07, 6.45) is 1.51. The van der Waals surface area contributed by atoms with Crippen molar-refractivity contribution in [2.75, 3.05) is 5.75 Å². The van der Waals surface area contributed by atoms with Gasteiger partial charge in [-0.2, -0.15) is 0 Å². The van der Waals surface area contributed by atoms with Gasteiger partial charge in [0.15, 0.2) is 5.16 Å². The zero-order valence-corrected chi connectivity index (χ0v) is 8.95. The number of aryl methyl sites for hydroxylation is 1. The minimum absolute atomic E-state index is 0.0228. The molecule has 0 aromatic carbocycles. The number of fused-ring (bicyclic) bond motifs is 1. The highest BCUT2D eigenvalue weighted by atomic mass is 32.2. The maximum Gasteiger partial charge on any atom is 0.305 e. The summed E-state index contributed by atoms with van der Waals surface area (Å²) < 4.78 is 1.49. The molecule has 0 radical (unpaired) electrons. The second-order valence-electron chi connectivity index (χ2n) is 3.46. The van der Waals surface area contributed by atoms with Crippen LogP contribution in [0.1, 0.15) is 18.0 Å².